The van der Waals surface area contributed by atoms with Gasteiger partial charge in [0.25, 0.3) is 0 Å². The molecule has 2 saturated heterocycles. The van der Waals surface area contributed by atoms with Crippen molar-refractivity contribution in [2.45, 2.75) is 12.5 Å². The fourth-order valence-corrected chi connectivity index (χ4v) is 2.18. The van der Waals surface area contributed by atoms with Crippen LogP contribution < -0.4 is 0 Å². The molecule has 0 saturated carbocycles. The number of aliphatic carboxylic acids is 1. The number of carbonyl (C=O) groups is 2. The SMILES string of the molecule is CC1(OCC(=O)O)CN(C(=O)N2CCOCC2)C1. The third-order valence-corrected chi connectivity index (χ3v) is 3.15. The Bertz CT molecular complexity index is 334. The lowest BCUT2D eigenvalue weighted by molar-refractivity contribution is -0.160. The molecule has 0 aromatic rings. The molecule has 2 heterocycles. The van der Waals surface area contributed by atoms with E-state index < -0.39 is 11.6 Å². The van der Waals surface area contributed by atoms with E-state index in [1.807, 2.05) is 6.92 Å². The summed E-state index contributed by atoms with van der Waals surface area (Å²) in [6.07, 6.45) is 0. The molecular formula is C11H18N2O5. The van der Waals surface area contributed by atoms with Gasteiger partial charge in [-0.25, -0.2) is 9.59 Å². The zero-order valence-electron chi connectivity index (χ0n) is 10.4. The highest BCUT2D eigenvalue weighted by Gasteiger charge is 2.44. The van der Waals surface area contributed by atoms with Crippen molar-refractivity contribution in [3.63, 3.8) is 0 Å². The average Bonchev–Trinajstić information content (AvgIpc) is 2.33. The van der Waals surface area contributed by atoms with Crippen LogP contribution in [0.2, 0.25) is 0 Å². The quantitative estimate of drug-likeness (QED) is 0.746. The third kappa shape index (κ3) is 2.91. The average molecular weight is 258 g/mol. The predicted octanol–water partition coefficient (Wildman–Crippen LogP) is -0.386. The molecule has 0 aromatic heterocycles. The van der Waals surface area contributed by atoms with Gasteiger partial charge in [0.05, 0.1) is 26.3 Å². The summed E-state index contributed by atoms with van der Waals surface area (Å²) in [5.41, 5.74) is -0.527. The molecule has 2 aliphatic heterocycles. The fraction of sp³-hybridized carbons (Fsp3) is 0.818. The van der Waals surface area contributed by atoms with E-state index in [0.717, 1.165) is 0 Å². The number of hydrogen-bond acceptors (Lipinski definition) is 4. The van der Waals surface area contributed by atoms with Crippen molar-refractivity contribution in [2.75, 3.05) is 46.0 Å². The number of nitrogens with zero attached hydrogens (tertiary/aromatic N) is 2. The van der Waals surface area contributed by atoms with Crippen LogP contribution in [0.5, 0.6) is 0 Å². The molecule has 0 radical (unpaired) electrons. The van der Waals surface area contributed by atoms with Gasteiger partial charge in [-0.3, -0.25) is 0 Å². The summed E-state index contributed by atoms with van der Waals surface area (Å²) in [7, 11) is 0. The molecule has 0 unspecified atom stereocenters. The van der Waals surface area contributed by atoms with E-state index in [1.54, 1.807) is 9.80 Å². The number of urea groups is 1. The van der Waals surface area contributed by atoms with Gasteiger partial charge >= 0.3 is 12.0 Å². The van der Waals surface area contributed by atoms with Crippen molar-refractivity contribution in [3.8, 4) is 0 Å². The van der Waals surface area contributed by atoms with Gasteiger partial charge in [0.15, 0.2) is 0 Å². The summed E-state index contributed by atoms with van der Waals surface area (Å²) in [5, 5.41) is 8.55. The molecule has 7 nitrogen and oxygen atoms in total. The standard InChI is InChI=1S/C11H18N2O5/c1-11(18-6-9(14)15)7-13(8-11)10(16)12-2-4-17-5-3-12/h2-8H2,1H3,(H,14,15). The van der Waals surface area contributed by atoms with Crippen LogP contribution in [0.15, 0.2) is 0 Å². The predicted molar refractivity (Wildman–Crippen MR) is 61.4 cm³/mol. The highest BCUT2D eigenvalue weighted by Crippen LogP contribution is 2.25. The summed E-state index contributed by atoms with van der Waals surface area (Å²) in [6, 6.07) is -0.0188. The van der Waals surface area contributed by atoms with Crippen LogP contribution in [-0.2, 0) is 14.3 Å². The van der Waals surface area contributed by atoms with E-state index in [4.69, 9.17) is 14.6 Å². The lowest BCUT2D eigenvalue weighted by atomic mass is 9.97. The van der Waals surface area contributed by atoms with Crippen molar-refractivity contribution in [1.82, 2.24) is 9.80 Å². The topological polar surface area (TPSA) is 79.3 Å². The second-order valence-electron chi connectivity index (χ2n) is 4.87. The highest BCUT2D eigenvalue weighted by atomic mass is 16.5. The first-order valence-electron chi connectivity index (χ1n) is 5.97. The number of carboxylic acid groups (broad SMARTS) is 1. The van der Waals surface area contributed by atoms with Crippen LogP contribution >= 0.6 is 0 Å². The van der Waals surface area contributed by atoms with Crippen LogP contribution in [0.4, 0.5) is 4.79 Å². The third-order valence-electron chi connectivity index (χ3n) is 3.15. The molecule has 2 fully saturated rings. The lowest BCUT2D eigenvalue weighted by Gasteiger charge is -2.48. The molecule has 0 aliphatic carbocycles. The van der Waals surface area contributed by atoms with Crippen molar-refractivity contribution in [1.29, 1.82) is 0 Å². The van der Waals surface area contributed by atoms with Gasteiger partial charge in [0.1, 0.15) is 12.2 Å². The van der Waals surface area contributed by atoms with Crippen molar-refractivity contribution < 1.29 is 24.2 Å². The Morgan fingerprint density at radius 3 is 2.44 bits per heavy atom. The van der Waals surface area contributed by atoms with Crippen molar-refractivity contribution in [2.24, 2.45) is 0 Å². The van der Waals surface area contributed by atoms with Gasteiger partial charge in [-0.05, 0) is 6.92 Å². The largest absolute Gasteiger partial charge is 0.480 e. The monoisotopic (exact) mass is 258 g/mol. The van der Waals surface area contributed by atoms with Gasteiger partial charge in [-0.15, -0.1) is 0 Å². The Morgan fingerprint density at radius 2 is 1.89 bits per heavy atom. The molecule has 7 heteroatoms. The molecule has 1 N–H and O–H groups in total. The lowest BCUT2D eigenvalue weighted by Crippen LogP contribution is -2.66. The van der Waals surface area contributed by atoms with Gasteiger partial charge in [0.2, 0.25) is 0 Å². The van der Waals surface area contributed by atoms with E-state index in [1.165, 1.54) is 0 Å². The zero-order chi connectivity index (χ0) is 13.2. The molecule has 102 valence electrons. The number of ether oxygens (including phenoxy) is 2. The number of rotatable bonds is 3. The number of carboxylic acids is 1. The molecule has 0 aromatic carbocycles. The molecular weight excluding hydrogens is 240 g/mol. The fourth-order valence-electron chi connectivity index (χ4n) is 2.18. The number of amides is 2. The number of carbonyl (C=O) groups excluding carboxylic acids is 1. The van der Waals surface area contributed by atoms with Gasteiger partial charge in [-0.2, -0.15) is 0 Å². The van der Waals surface area contributed by atoms with Crippen molar-refractivity contribution in [3.05, 3.63) is 0 Å². The Kier molecular flexibility index (Phi) is 3.72. The first-order valence-corrected chi connectivity index (χ1v) is 5.97. The van der Waals surface area contributed by atoms with Crippen LogP contribution in [-0.4, -0.2) is 78.5 Å². The minimum Gasteiger partial charge on any atom is -0.480 e. The summed E-state index contributed by atoms with van der Waals surface area (Å²) >= 11 is 0. The van der Waals surface area contributed by atoms with E-state index in [2.05, 4.69) is 0 Å². The molecule has 2 rings (SSSR count). The Balaban J connectivity index is 1.77. The first kappa shape index (κ1) is 13.1. The molecule has 2 amide bonds. The Labute approximate surface area is 105 Å². The molecule has 0 spiro atoms. The Morgan fingerprint density at radius 1 is 1.28 bits per heavy atom. The minimum absolute atomic E-state index is 0.0188. The molecule has 2 aliphatic rings. The van der Waals surface area contributed by atoms with E-state index in [0.29, 0.717) is 39.4 Å². The smallest absolute Gasteiger partial charge is 0.329 e. The molecule has 0 bridgehead atoms. The van der Waals surface area contributed by atoms with E-state index in [-0.39, 0.29) is 12.6 Å². The maximum Gasteiger partial charge on any atom is 0.329 e. The van der Waals surface area contributed by atoms with Crippen LogP contribution in [0, 0.1) is 0 Å². The highest BCUT2D eigenvalue weighted by molar-refractivity contribution is 5.76. The Hall–Kier alpha value is -1.34. The number of likely N-dealkylation sites (tertiary alicyclic amines) is 1. The first-order chi connectivity index (χ1) is 8.50. The second-order valence-corrected chi connectivity index (χ2v) is 4.87. The number of morpholine rings is 1. The van der Waals surface area contributed by atoms with Crippen LogP contribution in [0.3, 0.4) is 0 Å². The number of hydrogen-bond donors (Lipinski definition) is 1. The van der Waals surface area contributed by atoms with E-state index >= 15 is 0 Å². The molecule has 0 atom stereocenters. The second kappa shape index (κ2) is 5.11. The van der Waals surface area contributed by atoms with Gasteiger partial charge in [-0.1, -0.05) is 0 Å². The van der Waals surface area contributed by atoms with Crippen LogP contribution in [0.1, 0.15) is 6.92 Å². The summed E-state index contributed by atoms with van der Waals surface area (Å²) in [6.45, 7) is 4.75. The minimum atomic E-state index is -0.991. The van der Waals surface area contributed by atoms with Crippen LogP contribution in [0.25, 0.3) is 0 Å². The maximum atomic E-state index is 12.0. The summed E-state index contributed by atoms with van der Waals surface area (Å²) in [5.74, 6) is -0.991. The zero-order valence-corrected chi connectivity index (χ0v) is 10.4. The normalized spacial score (nSPS) is 22.5. The van der Waals surface area contributed by atoms with Gasteiger partial charge in [0, 0.05) is 13.1 Å². The summed E-state index contributed by atoms with van der Waals surface area (Å²) < 4.78 is 10.4. The molecule has 18 heavy (non-hydrogen) atoms. The summed E-state index contributed by atoms with van der Waals surface area (Å²) in [4.78, 5) is 25.9. The van der Waals surface area contributed by atoms with Crippen molar-refractivity contribution >= 4 is 12.0 Å². The van der Waals surface area contributed by atoms with E-state index in [9.17, 15) is 9.59 Å². The maximum absolute atomic E-state index is 12.0. The van der Waals surface area contributed by atoms with Gasteiger partial charge < -0.3 is 24.4 Å².